The molecule has 1 aromatic heterocycles. The third-order valence-corrected chi connectivity index (χ3v) is 5.36. The molecule has 0 amide bonds. The molecular formula is C17H25N5S. The van der Waals surface area contributed by atoms with Gasteiger partial charge in [0, 0.05) is 12.6 Å². The number of nitrogens with zero attached hydrogens (tertiary/aromatic N) is 5. The highest BCUT2D eigenvalue weighted by Gasteiger charge is 2.22. The number of likely N-dealkylation sites (tertiary alicyclic amines) is 1. The topological polar surface area (TPSA) is 38.9 Å². The number of hydrogen-bond donors (Lipinski definition) is 0. The predicted molar refractivity (Wildman–Crippen MR) is 94.3 cm³/mol. The quantitative estimate of drug-likeness (QED) is 0.802. The molecule has 1 aromatic carbocycles. The Bertz CT molecular complexity index is 733. The van der Waals surface area contributed by atoms with E-state index < -0.39 is 0 Å². The zero-order chi connectivity index (χ0) is 16.4. The lowest BCUT2D eigenvalue weighted by atomic mass is 10.0. The number of aryl methyl sites for hydroxylation is 1. The molecule has 6 heteroatoms. The van der Waals surface area contributed by atoms with E-state index in [9.17, 15) is 0 Å². The van der Waals surface area contributed by atoms with Crippen LogP contribution < -0.4 is 0 Å². The molecule has 1 saturated heterocycles. The standard InChI is InChI=1S/C17H25N5S/c1-4-15-9-5-6-11-20(15)12-21-17(23)22(19-18-21)16-10-7-8-13(2)14(16)3/h7-8,10,15H,4-6,9,11-12H2,1-3H3/t15-/m0/s1. The highest BCUT2D eigenvalue weighted by molar-refractivity contribution is 7.71. The second kappa shape index (κ2) is 6.93. The lowest BCUT2D eigenvalue weighted by Crippen LogP contribution is -2.40. The van der Waals surface area contributed by atoms with Crippen molar-refractivity contribution in [2.45, 2.75) is 59.2 Å². The van der Waals surface area contributed by atoms with E-state index in [-0.39, 0.29) is 0 Å². The molecule has 1 fully saturated rings. The van der Waals surface area contributed by atoms with Crippen LogP contribution in [-0.4, -0.2) is 37.3 Å². The number of aromatic nitrogens is 4. The Morgan fingerprint density at radius 3 is 2.83 bits per heavy atom. The highest BCUT2D eigenvalue weighted by Crippen LogP contribution is 2.21. The molecule has 23 heavy (non-hydrogen) atoms. The molecule has 0 spiro atoms. The maximum Gasteiger partial charge on any atom is 0.221 e. The van der Waals surface area contributed by atoms with E-state index in [1.54, 1.807) is 4.68 Å². The van der Waals surface area contributed by atoms with Crippen LogP contribution in [0.15, 0.2) is 18.2 Å². The SMILES string of the molecule is CC[C@H]1CCCCN1Cn1nnn(-c2cccc(C)c2C)c1=S. The molecule has 0 bridgehead atoms. The Morgan fingerprint density at radius 1 is 1.22 bits per heavy atom. The maximum absolute atomic E-state index is 5.63. The molecule has 0 unspecified atom stereocenters. The Balaban J connectivity index is 1.88. The highest BCUT2D eigenvalue weighted by atomic mass is 32.1. The maximum atomic E-state index is 5.63. The molecule has 124 valence electrons. The van der Waals surface area contributed by atoms with Gasteiger partial charge in [0.05, 0.1) is 12.4 Å². The van der Waals surface area contributed by atoms with Gasteiger partial charge in [-0.25, -0.2) is 4.68 Å². The first-order valence-corrected chi connectivity index (χ1v) is 8.86. The average Bonchev–Trinajstić information content (AvgIpc) is 2.91. The summed E-state index contributed by atoms with van der Waals surface area (Å²) in [6.45, 7) is 8.32. The fourth-order valence-electron chi connectivity index (χ4n) is 3.36. The zero-order valence-corrected chi connectivity index (χ0v) is 15.0. The second-order valence-electron chi connectivity index (χ2n) is 6.40. The van der Waals surface area contributed by atoms with Gasteiger partial charge in [-0.15, -0.1) is 0 Å². The number of piperidine rings is 1. The molecule has 1 aliphatic heterocycles. The van der Waals surface area contributed by atoms with Crippen molar-refractivity contribution < 1.29 is 0 Å². The van der Waals surface area contributed by atoms with Crippen LogP contribution in [0.2, 0.25) is 0 Å². The first kappa shape index (κ1) is 16.3. The number of tetrazole rings is 1. The van der Waals surface area contributed by atoms with Gasteiger partial charge in [0.1, 0.15) is 0 Å². The van der Waals surface area contributed by atoms with Crippen LogP contribution in [0.4, 0.5) is 0 Å². The Hall–Kier alpha value is -1.53. The van der Waals surface area contributed by atoms with Crippen LogP contribution in [0.3, 0.4) is 0 Å². The van der Waals surface area contributed by atoms with Gasteiger partial charge in [0.25, 0.3) is 0 Å². The van der Waals surface area contributed by atoms with Gasteiger partial charge in [-0.05, 0) is 72.9 Å². The summed E-state index contributed by atoms with van der Waals surface area (Å²) in [6, 6.07) is 6.83. The van der Waals surface area contributed by atoms with E-state index in [2.05, 4.69) is 42.2 Å². The molecule has 0 aliphatic carbocycles. The van der Waals surface area contributed by atoms with E-state index in [4.69, 9.17) is 12.2 Å². The van der Waals surface area contributed by atoms with Crippen LogP contribution >= 0.6 is 12.2 Å². The van der Waals surface area contributed by atoms with Crippen molar-refractivity contribution >= 4 is 12.2 Å². The lowest BCUT2D eigenvalue weighted by molar-refractivity contribution is 0.0996. The molecular weight excluding hydrogens is 306 g/mol. The van der Waals surface area contributed by atoms with Gasteiger partial charge in [0.15, 0.2) is 0 Å². The van der Waals surface area contributed by atoms with Crippen molar-refractivity contribution in [3.05, 3.63) is 34.1 Å². The predicted octanol–water partition coefficient (Wildman–Crippen LogP) is 3.64. The second-order valence-corrected chi connectivity index (χ2v) is 6.77. The van der Waals surface area contributed by atoms with Crippen molar-refractivity contribution in [1.82, 2.24) is 24.7 Å². The van der Waals surface area contributed by atoms with Gasteiger partial charge in [0.2, 0.25) is 4.77 Å². The summed E-state index contributed by atoms with van der Waals surface area (Å²) in [6.07, 6.45) is 5.04. The van der Waals surface area contributed by atoms with E-state index in [0.717, 1.165) is 18.9 Å². The summed E-state index contributed by atoms with van der Waals surface area (Å²) in [5.74, 6) is 0. The van der Waals surface area contributed by atoms with Crippen LogP contribution in [0.25, 0.3) is 5.69 Å². The van der Waals surface area contributed by atoms with Crippen LogP contribution in [0.5, 0.6) is 0 Å². The minimum Gasteiger partial charge on any atom is -0.281 e. The van der Waals surface area contributed by atoms with Gasteiger partial charge in [-0.3, -0.25) is 4.90 Å². The molecule has 0 saturated carbocycles. The van der Waals surface area contributed by atoms with E-state index in [1.807, 2.05) is 16.8 Å². The van der Waals surface area contributed by atoms with Crippen molar-refractivity contribution in [2.75, 3.05) is 6.54 Å². The number of hydrogen-bond acceptors (Lipinski definition) is 4. The fourth-order valence-corrected chi connectivity index (χ4v) is 3.59. The first-order valence-electron chi connectivity index (χ1n) is 8.45. The normalized spacial score (nSPS) is 19.2. The molecule has 2 heterocycles. The smallest absolute Gasteiger partial charge is 0.221 e. The Labute approximate surface area is 142 Å². The molecule has 5 nitrogen and oxygen atoms in total. The summed E-state index contributed by atoms with van der Waals surface area (Å²) in [4.78, 5) is 2.49. The summed E-state index contributed by atoms with van der Waals surface area (Å²) in [5, 5.41) is 8.61. The monoisotopic (exact) mass is 331 g/mol. The summed E-state index contributed by atoms with van der Waals surface area (Å²) in [7, 11) is 0. The first-order chi connectivity index (χ1) is 11.1. The minimum absolute atomic E-state index is 0.636. The lowest BCUT2D eigenvalue weighted by Gasteiger charge is -2.34. The third-order valence-electron chi connectivity index (χ3n) is 4.98. The third kappa shape index (κ3) is 3.23. The van der Waals surface area contributed by atoms with Crippen LogP contribution in [0.1, 0.15) is 43.7 Å². The summed E-state index contributed by atoms with van der Waals surface area (Å²) >= 11 is 5.63. The minimum atomic E-state index is 0.636. The van der Waals surface area contributed by atoms with Crippen LogP contribution in [0, 0.1) is 18.6 Å². The van der Waals surface area contributed by atoms with Crippen molar-refractivity contribution in [1.29, 1.82) is 0 Å². The average molecular weight is 331 g/mol. The largest absolute Gasteiger partial charge is 0.281 e. The van der Waals surface area contributed by atoms with Crippen molar-refractivity contribution in [3.63, 3.8) is 0 Å². The molecule has 0 radical (unpaired) electrons. The Morgan fingerprint density at radius 2 is 2.04 bits per heavy atom. The number of benzene rings is 1. The van der Waals surface area contributed by atoms with Gasteiger partial charge in [-0.2, -0.15) is 4.68 Å². The molecule has 3 rings (SSSR count). The molecule has 1 atom stereocenters. The zero-order valence-electron chi connectivity index (χ0n) is 14.2. The van der Waals surface area contributed by atoms with E-state index >= 15 is 0 Å². The number of rotatable bonds is 4. The summed E-state index contributed by atoms with van der Waals surface area (Å²) < 4.78 is 4.30. The summed E-state index contributed by atoms with van der Waals surface area (Å²) in [5.41, 5.74) is 3.45. The van der Waals surface area contributed by atoms with Crippen molar-refractivity contribution in [3.8, 4) is 5.69 Å². The van der Waals surface area contributed by atoms with Gasteiger partial charge < -0.3 is 0 Å². The molecule has 1 aliphatic rings. The van der Waals surface area contributed by atoms with E-state index in [1.165, 1.54) is 36.8 Å². The van der Waals surface area contributed by atoms with Gasteiger partial charge in [-0.1, -0.05) is 25.5 Å². The van der Waals surface area contributed by atoms with E-state index in [0.29, 0.717) is 10.8 Å². The molecule has 0 N–H and O–H groups in total. The van der Waals surface area contributed by atoms with Gasteiger partial charge >= 0.3 is 0 Å². The van der Waals surface area contributed by atoms with Crippen molar-refractivity contribution in [2.24, 2.45) is 0 Å². The molecule has 2 aromatic rings. The Kier molecular flexibility index (Phi) is 4.92. The fraction of sp³-hybridized carbons (Fsp3) is 0.588. The van der Waals surface area contributed by atoms with Crippen LogP contribution in [-0.2, 0) is 6.67 Å².